The van der Waals surface area contributed by atoms with Crippen LogP contribution >= 0.6 is 0 Å². The number of aromatic nitrogens is 5. The number of benzene rings is 2. The Bertz CT molecular complexity index is 1680. The summed E-state index contributed by atoms with van der Waals surface area (Å²) in [5, 5.41) is 30.8. The van der Waals surface area contributed by atoms with E-state index in [-0.39, 0.29) is 29.6 Å². The number of nitrogens with two attached hydrogens (primary N) is 1. The number of carbonyl (C=O) groups is 1. The molecule has 3 N–H and O–H groups in total. The van der Waals surface area contributed by atoms with Gasteiger partial charge in [-0.05, 0) is 60.2 Å². The van der Waals surface area contributed by atoms with Crippen molar-refractivity contribution >= 4 is 23.6 Å². The smallest absolute Gasteiger partial charge is 0.293 e. The van der Waals surface area contributed by atoms with Crippen molar-refractivity contribution in [2.45, 2.75) is 20.1 Å². The third-order valence-corrected chi connectivity index (χ3v) is 7.09. The van der Waals surface area contributed by atoms with Gasteiger partial charge in [0, 0.05) is 49.9 Å². The van der Waals surface area contributed by atoms with Gasteiger partial charge < -0.3 is 20.1 Å². The molecule has 2 aromatic carbocycles. The van der Waals surface area contributed by atoms with Crippen LogP contribution in [0, 0.1) is 17.0 Å². The normalized spacial score (nSPS) is 14.2. The second-order valence-corrected chi connectivity index (χ2v) is 10.1. The minimum atomic E-state index is -0.572. The summed E-state index contributed by atoms with van der Waals surface area (Å²) in [7, 11) is 3.60. The summed E-state index contributed by atoms with van der Waals surface area (Å²) >= 11 is 0. The Labute approximate surface area is 251 Å². The lowest BCUT2D eigenvalue weighted by Gasteiger charge is -2.32. The van der Waals surface area contributed by atoms with Crippen molar-refractivity contribution in [1.29, 1.82) is 0 Å². The first-order valence-corrected chi connectivity index (χ1v) is 13.6. The second-order valence-electron chi connectivity index (χ2n) is 10.1. The number of hydrogen-bond donors (Lipinski definition) is 2. The molecule has 1 aliphatic heterocycles. The molecular formula is C27H31N11O6. The quantitative estimate of drug-likeness (QED) is 0.142. The third kappa shape index (κ3) is 6.79. The summed E-state index contributed by atoms with van der Waals surface area (Å²) in [6, 6.07) is 9.86. The largest absolute Gasteiger partial charge is 0.496 e. The zero-order chi connectivity index (χ0) is 31.2. The van der Waals surface area contributed by atoms with E-state index in [2.05, 4.69) is 48.0 Å². The Morgan fingerprint density at radius 3 is 2.68 bits per heavy atom. The third-order valence-electron chi connectivity index (χ3n) is 7.09. The maximum absolute atomic E-state index is 13.2. The monoisotopic (exact) mass is 605 g/mol. The predicted molar refractivity (Wildman–Crippen MR) is 157 cm³/mol. The number of methoxy groups -OCH3 is 1. The number of nitrogens with zero attached hydrogens (tertiary/aromatic N) is 9. The molecule has 17 nitrogen and oxygen atoms in total. The van der Waals surface area contributed by atoms with E-state index in [4.69, 9.17) is 19.8 Å². The highest BCUT2D eigenvalue weighted by atomic mass is 16.6. The molecule has 1 aliphatic rings. The number of nitrogens with one attached hydrogen (secondary N) is 1. The molecule has 17 heteroatoms. The number of hydrogen-bond acceptors (Lipinski definition) is 14. The lowest BCUT2D eigenvalue weighted by Crippen LogP contribution is -2.44. The van der Waals surface area contributed by atoms with E-state index in [0.717, 1.165) is 26.2 Å². The van der Waals surface area contributed by atoms with Crippen LogP contribution in [0.15, 0.2) is 46.1 Å². The van der Waals surface area contributed by atoms with Crippen molar-refractivity contribution in [2.75, 3.05) is 46.1 Å². The minimum Gasteiger partial charge on any atom is -0.496 e. The highest BCUT2D eigenvalue weighted by molar-refractivity contribution is 5.94. The summed E-state index contributed by atoms with van der Waals surface area (Å²) in [6.45, 7) is 5.49. The van der Waals surface area contributed by atoms with Crippen LogP contribution in [0.1, 0.15) is 32.9 Å². The number of amides is 1. The van der Waals surface area contributed by atoms with Gasteiger partial charge in [-0.2, -0.15) is 9.78 Å². The molecule has 0 radical (unpaired) electrons. The van der Waals surface area contributed by atoms with E-state index in [9.17, 15) is 14.9 Å². The van der Waals surface area contributed by atoms with Crippen LogP contribution in [0.3, 0.4) is 0 Å². The van der Waals surface area contributed by atoms with E-state index >= 15 is 0 Å². The lowest BCUT2D eigenvalue weighted by atomic mass is 10.1. The Balaban J connectivity index is 1.29. The molecule has 0 atom stereocenters. The molecule has 3 heterocycles. The number of hydrazone groups is 1. The van der Waals surface area contributed by atoms with Gasteiger partial charge in [0.25, 0.3) is 11.6 Å². The molecule has 0 spiro atoms. The average Bonchev–Trinajstić information content (AvgIpc) is 3.62. The highest BCUT2D eigenvalue weighted by Crippen LogP contribution is 2.26. The van der Waals surface area contributed by atoms with Crippen molar-refractivity contribution in [3.05, 3.63) is 74.6 Å². The Kier molecular flexibility index (Phi) is 9.06. The summed E-state index contributed by atoms with van der Waals surface area (Å²) in [4.78, 5) is 28.3. The maximum Gasteiger partial charge on any atom is 0.293 e. The minimum absolute atomic E-state index is 0.0162. The molecule has 5 rings (SSSR count). The lowest BCUT2D eigenvalue weighted by molar-refractivity contribution is -0.385. The number of ether oxygens (including phenoxy) is 2. The van der Waals surface area contributed by atoms with Gasteiger partial charge >= 0.3 is 0 Å². The van der Waals surface area contributed by atoms with Gasteiger partial charge in [0.05, 0.1) is 23.9 Å². The van der Waals surface area contributed by atoms with Gasteiger partial charge in [0.2, 0.25) is 11.6 Å². The summed E-state index contributed by atoms with van der Waals surface area (Å²) < 4.78 is 17.4. The number of piperazine rings is 1. The molecular weight excluding hydrogens is 574 g/mol. The Morgan fingerprint density at radius 2 is 2.00 bits per heavy atom. The van der Waals surface area contributed by atoms with Crippen LogP contribution in [0.4, 0.5) is 11.5 Å². The van der Waals surface area contributed by atoms with Crippen molar-refractivity contribution < 1.29 is 23.8 Å². The molecule has 44 heavy (non-hydrogen) atoms. The Morgan fingerprint density at radius 1 is 1.20 bits per heavy atom. The zero-order valence-electron chi connectivity index (χ0n) is 24.3. The molecule has 2 aromatic heterocycles. The van der Waals surface area contributed by atoms with Crippen molar-refractivity contribution in [3.63, 3.8) is 0 Å². The van der Waals surface area contributed by atoms with E-state index in [1.54, 1.807) is 44.4 Å². The van der Waals surface area contributed by atoms with Crippen LogP contribution in [0.2, 0.25) is 0 Å². The number of likely N-dealkylation sites (N-methyl/N-ethyl adjacent to an activating group) is 1. The molecule has 1 amide bonds. The fraction of sp³-hybridized carbons (Fsp3) is 0.333. The first-order valence-electron chi connectivity index (χ1n) is 13.6. The second kappa shape index (κ2) is 13.3. The van der Waals surface area contributed by atoms with Gasteiger partial charge in [-0.15, -0.1) is 5.10 Å². The average molecular weight is 606 g/mol. The topological polar surface area (TPSA) is 205 Å². The molecule has 0 unspecified atom stereocenters. The molecule has 0 saturated carbocycles. The van der Waals surface area contributed by atoms with Gasteiger partial charge in [0.15, 0.2) is 5.69 Å². The fourth-order valence-corrected chi connectivity index (χ4v) is 4.64. The van der Waals surface area contributed by atoms with Crippen molar-refractivity contribution in [3.8, 4) is 17.3 Å². The molecule has 230 valence electrons. The molecule has 0 bridgehead atoms. The highest BCUT2D eigenvalue weighted by Gasteiger charge is 2.26. The van der Waals surface area contributed by atoms with Crippen LogP contribution in [-0.4, -0.2) is 92.5 Å². The SMILES string of the molecule is COc1ccc(C=NNC(=O)c2nnn(-c3nonc3N)c2CN2CCN(C)CC2)cc1COc1ccc([N+](=O)[O-])c(C)c1. The van der Waals surface area contributed by atoms with Gasteiger partial charge in [-0.1, -0.05) is 5.21 Å². The number of anilines is 1. The molecule has 4 aromatic rings. The number of nitro groups is 1. The van der Waals surface area contributed by atoms with Crippen LogP contribution < -0.4 is 20.6 Å². The number of aryl methyl sites for hydroxylation is 1. The molecule has 1 fully saturated rings. The zero-order valence-corrected chi connectivity index (χ0v) is 24.3. The number of carbonyl (C=O) groups excluding carboxylic acids is 1. The van der Waals surface area contributed by atoms with Crippen molar-refractivity contribution in [1.82, 2.24) is 40.5 Å². The Hall–Kier alpha value is -5.42. The van der Waals surface area contributed by atoms with E-state index < -0.39 is 10.8 Å². The molecule has 0 aliphatic carbocycles. The van der Waals surface area contributed by atoms with E-state index in [1.165, 1.54) is 17.0 Å². The fourth-order valence-electron chi connectivity index (χ4n) is 4.64. The van der Waals surface area contributed by atoms with Crippen LogP contribution in [-0.2, 0) is 13.2 Å². The first kappa shape index (κ1) is 30.1. The first-order chi connectivity index (χ1) is 21.2. The van der Waals surface area contributed by atoms with Gasteiger partial charge in [0.1, 0.15) is 18.1 Å². The number of nitro benzene ring substituents is 1. The van der Waals surface area contributed by atoms with Gasteiger partial charge in [-0.25, -0.2) is 10.1 Å². The standard InChI is InChI=1S/C27H31N11O6/c1-17-12-20(5-6-21(17)38(40)41)43-16-19-13-18(4-7-23(19)42-3)14-29-31-27(39)24-22(15-36-10-8-35(2)9-11-36)37(34-30-24)26-25(28)32-44-33-26/h4-7,12-14H,8-11,15-16H2,1-3H3,(H2,28,32)(H,31,39). The predicted octanol–water partition coefficient (Wildman–Crippen LogP) is 1.55. The van der Waals surface area contributed by atoms with Crippen LogP contribution in [0.25, 0.3) is 5.82 Å². The summed E-state index contributed by atoms with van der Waals surface area (Å²) in [5.41, 5.74) is 10.8. The number of nitrogen functional groups attached to an aromatic ring is 1. The van der Waals surface area contributed by atoms with Crippen molar-refractivity contribution in [2.24, 2.45) is 5.10 Å². The summed E-state index contributed by atoms with van der Waals surface area (Å²) in [5.74, 6) is 0.641. The summed E-state index contributed by atoms with van der Waals surface area (Å²) in [6.07, 6.45) is 1.47. The van der Waals surface area contributed by atoms with Gasteiger partial charge in [-0.3, -0.25) is 19.8 Å². The van der Waals surface area contributed by atoms with E-state index in [0.29, 0.717) is 40.4 Å². The maximum atomic E-state index is 13.2. The van der Waals surface area contributed by atoms with Crippen LogP contribution in [0.5, 0.6) is 11.5 Å². The number of rotatable bonds is 11. The van der Waals surface area contributed by atoms with E-state index in [1.807, 2.05) is 0 Å². The molecule has 1 saturated heterocycles.